The number of hydrogen-bond donors (Lipinski definition) is 0. The lowest BCUT2D eigenvalue weighted by Crippen LogP contribution is -2.24. The number of aldehydes is 1. The minimum Gasteiger partial charge on any atom is -0.482 e. The first-order valence-electron chi connectivity index (χ1n) is 4.04. The number of ether oxygens (including phenoxy) is 1. The zero-order chi connectivity index (χ0) is 10.6. The molecule has 0 saturated heterocycles. The largest absolute Gasteiger partial charge is 0.482 e. The smallest absolute Gasteiger partial charge is 0.235 e. The van der Waals surface area contributed by atoms with E-state index < -0.39 is 11.9 Å². The van der Waals surface area contributed by atoms with E-state index in [2.05, 4.69) is 0 Å². The molecule has 1 rings (SSSR count). The molecule has 14 heavy (non-hydrogen) atoms. The number of carbonyl (C=O) groups excluding carboxylic acids is 2. The van der Waals surface area contributed by atoms with Crippen molar-refractivity contribution in [1.82, 2.24) is 0 Å². The predicted octanol–water partition coefficient (Wildman–Crippen LogP) is 1.36. The summed E-state index contributed by atoms with van der Waals surface area (Å²) < 4.78 is 17.5. The van der Waals surface area contributed by atoms with Gasteiger partial charge in [-0.05, 0) is 31.2 Å². The Labute approximate surface area is 80.5 Å². The molecule has 0 N–H and O–H groups in total. The molecule has 0 aliphatic carbocycles. The van der Waals surface area contributed by atoms with E-state index in [-0.39, 0.29) is 12.1 Å². The van der Waals surface area contributed by atoms with Crippen LogP contribution in [0, 0.1) is 5.82 Å². The molecule has 0 saturated carbocycles. The highest BCUT2D eigenvalue weighted by Crippen LogP contribution is 2.12. The van der Waals surface area contributed by atoms with Crippen molar-refractivity contribution in [1.29, 1.82) is 0 Å². The van der Waals surface area contributed by atoms with Crippen LogP contribution in [0.3, 0.4) is 0 Å². The van der Waals surface area contributed by atoms with E-state index in [1.54, 1.807) is 0 Å². The van der Waals surface area contributed by atoms with Crippen molar-refractivity contribution in [3.8, 4) is 5.75 Å². The van der Waals surface area contributed by atoms with Crippen LogP contribution in [0.1, 0.15) is 6.92 Å². The quantitative estimate of drug-likeness (QED) is 0.539. The lowest BCUT2D eigenvalue weighted by atomic mass is 10.3. The standard InChI is InChI=1S/C10H9FO3/c1-7(10(13)6-12)14-9-4-2-8(11)3-5-9/h2-7H,1H3. The first-order chi connectivity index (χ1) is 6.63. The van der Waals surface area contributed by atoms with Gasteiger partial charge in [0.2, 0.25) is 5.78 Å². The molecule has 0 fully saturated rings. The van der Waals surface area contributed by atoms with Crippen LogP contribution in [-0.4, -0.2) is 18.2 Å². The third-order valence-electron chi connectivity index (χ3n) is 1.64. The summed E-state index contributed by atoms with van der Waals surface area (Å²) in [6.07, 6.45) is -0.633. The number of benzene rings is 1. The molecule has 0 amide bonds. The lowest BCUT2D eigenvalue weighted by Gasteiger charge is -2.10. The van der Waals surface area contributed by atoms with E-state index in [4.69, 9.17) is 4.74 Å². The van der Waals surface area contributed by atoms with Gasteiger partial charge in [0.05, 0.1) is 0 Å². The second-order valence-corrected chi connectivity index (χ2v) is 2.73. The molecule has 3 nitrogen and oxygen atoms in total. The highest BCUT2D eigenvalue weighted by Gasteiger charge is 2.12. The third-order valence-corrected chi connectivity index (χ3v) is 1.64. The average molecular weight is 196 g/mol. The Bertz CT molecular complexity index is 332. The van der Waals surface area contributed by atoms with Gasteiger partial charge in [0.15, 0.2) is 12.4 Å². The van der Waals surface area contributed by atoms with Crippen LogP contribution in [0.4, 0.5) is 4.39 Å². The highest BCUT2D eigenvalue weighted by atomic mass is 19.1. The van der Waals surface area contributed by atoms with Crippen LogP contribution in [0.25, 0.3) is 0 Å². The van der Waals surface area contributed by atoms with E-state index in [0.29, 0.717) is 5.75 Å². The molecule has 74 valence electrons. The second-order valence-electron chi connectivity index (χ2n) is 2.73. The average Bonchev–Trinajstić information content (AvgIpc) is 2.20. The third kappa shape index (κ3) is 2.65. The molecule has 0 aliphatic heterocycles. The van der Waals surface area contributed by atoms with E-state index >= 15 is 0 Å². The van der Waals surface area contributed by atoms with Crippen LogP contribution < -0.4 is 4.74 Å². The summed E-state index contributed by atoms with van der Waals surface area (Å²) in [5.41, 5.74) is 0. The van der Waals surface area contributed by atoms with Gasteiger partial charge in [0, 0.05) is 0 Å². The maximum atomic E-state index is 12.5. The monoisotopic (exact) mass is 196 g/mol. The summed E-state index contributed by atoms with van der Waals surface area (Å²) in [5, 5.41) is 0. The maximum Gasteiger partial charge on any atom is 0.235 e. The predicted molar refractivity (Wildman–Crippen MR) is 47.6 cm³/mol. The zero-order valence-electron chi connectivity index (χ0n) is 7.57. The first-order valence-corrected chi connectivity index (χ1v) is 4.04. The van der Waals surface area contributed by atoms with Gasteiger partial charge in [-0.1, -0.05) is 0 Å². The maximum absolute atomic E-state index is 12.5. The molecule has 1 aromatic carbocycles. The van der Waals surface area contributed by atoms with Crippen molar-refractivity contribution in [2.75, 3.05) is 0 Å². The summed E-state index contributed by atoms with van der Waals surface area (Å²) in [5.74, 6) is -0.671. The molecular formula is C10H9FO3. The first kappa shape index (κ1) is 10.4. The Balaban J connectivity index is 2.64. The molecule has 0 bridgehead atoms. The topological polar surface area (TPSA) is 43.4 Å². The number of Topliss-reactive ketones (excluding diaryl/α,β-unsaturated/α-hetero) is 1. The number of carbonyl (C=O) groups is 2. The zero-order valence-corrected chi connectivity index (χ0v) is 7.57. The number of halogens is 1. The Morgan fingerprint density at radius 2 is 2.00 bits per heavy atom. The molecular weight excluding hydrogens is 187 g/mol. The van der Waals surface area contributed by atoms with Crippen molar-refractivity contribution >= 4 is 12.1 Å². The van der Waals surface area contributed by atoms with E-state index in [0.717, 1.165) is 0 Å². The van der Waals surface area contributed by atoms with Crippen LogP contribution >= 0.6 is 0 Å². The number of ketones is 1. The van der Waals surface area contributed by atoms with Crippen LogP contribution in [0.5, 0.6) is 5.75 Å². The molecule has 0 aliphatic rings. The SMILES string of the molecule is CC(Oc1ccc(F)cc1)C(=O)C=O. The van der Waals surface area contributed by atoms with Gasteiger partial charge in [-0.2, -0.15) is 0 Å². The van der Waals surface area contributed by atoms with Gasteiger partial charge in [-0.3, -0.25) is 9.59 Å². The summed E-state index contributed by atoms with van der Waals surface area (Å²) in [6, 6.07) is 5.22. The molecule has 1 atom stereocenters. The van der Waals surface area contributed by atoms with Gasteiger partial charge < -0.3 is 4.74 Å². The molecule has 0 heterocycles. The summed E-state index contributed by atoms with van der Waals surface area (Å²) in [7, 11) is 0. The molecule has 0 radical (unpaired) electrons. The minimum atomic E-state index is -0.835. The number of hydrogen-bond acceptors (Lipinski definition) is 3. The van der Waals surface area contributed by atoms with Crippen molar-refractivity contribution in [3.63, 3.8) is 0 Å². The molecule has 1 aromatic rings. The van der Waals surface area contributed by atoms with Crippen LogP contribution in [-0.2, 0) is 9.59 Å². The van der Waals surface area contributed by atoms with Gasteiger partial charge >= 0.3 is 0 Å². The van der Waals surface area contributed by atoms with Crippen LogP contribution in [0.15, 0.2) is 24.3 Å². The van der Waals surface area contributed by atoms with Gasteiger partial charge in [-0.25, -0.2) is 4.39 Å². The summed E-state index contributed by atoms with van der Waals surface area (Å²) >= 11 is 0. The van der Waals surface area contributed by atoms with E-state index in [1.165, 1.54) is 31.2 Å². The van der Waals surface area contributed by atoms with Gasteiger partial charge in [-0.15, -0.1) is 0 Å². The second kappa shape index (κ2) is 4.50. The Hall–Kier alpha value is -1.71. The summed E-state index contributed by atoms with van der Waals surface area (Å²) in [6.45, 7) is 1.46. The Morgan fingerprint density at radius 3 is 2.50 bits per heavy atom. The Morgan fingerprint density at radius 1 is 1.43 bits per heavy atom. The summed E-state index contributed by atoms with van der Waals surface area (Å²) in [4.78, 5) is 20.9. The fourth-order valence-corrected chi connectivity index (χ4v) is 0.871. The lowest BCUT2D eigenvalue weighted by molar-refractivity contribution is -0.134. The van der Waals surface area contributed by atoms with Crippen molar-refractivity contribution in [3.05, 3.63) is 30.1 Å². The molecule has 0 aromatic heterocycles. The fraction of sp³-hybridized carbons (Fsp3) is 0.200. The van der Waals surface area contributed by atoms with Crippen molar-refractivity contribution in [2.45, 2.75) is 13.0 Å². The molecule has 1 unspecified atom stereocenters. The van der Waals surface area contributed by atoms with E-state index in [9.17, 15) is 14.0 Å². The molecule has 4 heteroatoms. The van der Waals surface area contributed by atoms with E-state index in [1.807, 2.05) is 0 Å². The molecule has 0 spiro atoms. The normalized spacial score (nSPS) is 11.9. The van der Waals surface area contributed by atoms with Crippen molar-refractivity contribution < 1.29 is 18.7 Å². The van der Waals surface area contributed by atoms with Gasteiger partial charge in [0.1, 0.15) is 11.6 Å². The minimum absolute atomic E-state index is 0.203. The number of rotatable bonds is 4. The Kier molecular flexibility index (Phi) is 3.34. The highest BCUT2D eigenvalue weighted by molar-refractivity contribution is 6.27. The fourth-order valence-electron chi connectivity index (χ4n) is 0.871. The van der Waals surface area contributed by atoms with Crippen LogP contribution in [0.2, 0.25) is 0 Å². The van der Waals surface area contributed by atoms with Crippen molar-refractivity contribution in [2.24, 2.45) is 0 Å². The van der Waals surface area contributed by atoms with Gasteiger partial charge in [0.25, 0.3) is 0 Å².